The molecule has 2 fully saturated rings. The van der Waals surface area contributed by atoms with Gasteiger partial charge in [0.2, 0.25) is 0 Å². The number of anilines is 1. The minimum Gasteiger partial charge on any atom is -0.389 e. The summed E-state index contributed by atoms with van der Waals surface area (Å²) in [6.45, 7) is 1.15. The molecule has 1 saturated carbocycles. The molecule has 1 aromatic carbocycles. The van der Waals surface area contributed by atoms with Gasteiger partial charge in [0.1, 0.15) is 4.99 Å². The largest absolute Gasteiger partial charge is 0.389 e. The molecule has 1 aliphatic heterocycles. The van der Waals surface area contributed by atoms with E-state index in [0.29, 0.717) is 11.0 Å². The summed E-state index contributed by atoms with van der Waals surface area (Å²) in [6.07, 6.45) is 8.24. The van der Waals surface area contributed by atoms with Crippen LogP contribution in [0.2, 0.25) is 0 Å². The number of hydrogen-bond acceptors (Lipinski definition) is 2. The molecule has 1 saturated heterocycles. The Morgan fingerprint density at radius 3 is 2.58 bits per heavy atom. The van der Waals surface area contributed by atoms with E-state index in [4.69, 9.17) is 18.0 Å². The smallest absolute Gasteiger partial charge is 0.106 e. The summed E-state index contributed by atoms with van der Waals surface area (Å²) in [6, 6.07) is 9.07. The molecule has 1 atom stereocenters. The summed E-state index contributed by atoms with van der Waals surface area (Å²) in [4.78, 5) is 3.09. The Morgan fingerprint density at radius 1 is 1.11 bits per heavy atom. The van der Waals surface area contributed by atoms with E-state index in [9.17, 15) is 0 Å². The van der Waals surface area contributed by atoms with Crippen LogP contribution in [0.1, 0.15) is 44.1 Å². The van der Waals surface area contributed by atoms with E-state index in [-0.39, 0.29) is 0 Å². The zero-order chi connectivity index (χ0) is 13.2. The molecule has 0 aromatic heterocycles. The van der Waals surface area contributed by atoms with Gasteiger partial charge >= 0.3 is 0 Å². The highest BCUT2D eigenvalue weighted by Crippen LogP contribution is 2.38. The number of rotatable bonds is 3. The van der Waals surface area contributed by atoms with Crippen molar-refractivity contribution in [3.05, 3.63) is 29.8 Å². The van der Waals surface area contributed by atoms with Crippen LogP contribution < -0.4 is 10.6 Å². The maximum Gasteiger partial charge on any atom is 0.106 e. The van der Waals surface area contributed by atoms with E-state index in [2.05, 4.69) is 23.1 Å². The van der Waals surface area contributed by atoms with E-state index in [1.165, 1.54) is 44.2 Å². The van der Waals surface area contributed by atoms with Gasteiger partial charge in [-0.25, -0.2) is 0 Å². The Bertz CT molecular complexity index is 466. The fraction of sp³-hybridized carbons (Fsp3) is 0.562. The maximum absolute atomic E-state index is 5.89. The fourth-order valence-corrected chi connectivity index (χ4v) is 4.03. The molecule has 2 nitrogen and oxygen atoms in total. The molecule has 0 bridgehead atoms. The van der Waals surface area contributed by atoms with Crippen LogP contribution in [-0.4, -0.2) is 17.6 Å². The van der Waals surface area contributed by atoms with Gasteiger partial charge in [-0.15, -0.1) is 0 Å². The summed E-state index contributed by atoms with van der Waals surface area (Å²) in [5.41, 5.74) is 8.18. The van der Waals surface area contributed by atoms with Crippen LogP contribution in [0.4, 0.5) is 5.69 Å². The average molecular weight is 274 g/mol. The van der Waals surface area contributed by atoms with Crippen LogP contribution in [0.5, 0.6) is 0 Å². The van der Waals surface area contributed by atoms with Crippen molar-refractivity contribution in [3.63, 3.8) is 0 Å². The summed E-state index contributed by atoms with van der Waals surface area (Å²) >= 11 is 5.21. The maximum atomic E-state index is 5.89. The highest BCUT2D eigenvalue weighted by Gasteiger charge is 2.34. The van der Waals surface area contributed by atoms with E-state index < -0.39 is 0 Å². The molecule has 102 valence electrons. The molecule has 0 radical (unpaired) electrons. The third-order valence-corrected chi connectivity index (χ3v) is 4.94. The Kier molecular flexibility index (Phi) is 3.74. The van der Waals surface area contributed by atoms with Gasteiger partial charge < -0.3 is 10.6 Å². The summed E-state index contributed by atoms with van der Waals surface area (Å²) in [7, 11) is 0. The lowest BCUT2D eigenvalue weighted by molar-refractivity contribution is 0.431. The normalized spacial score (nSPS) is 24.0. The molecule has 2 aliphatic rings. The Labute approximate surface area is 121 Å². The second kappa shape index (κ2) is 5.49. The SMILES string of the molecule is NC(=S)c1ccccc1N1CCCC1C1CCCC1. The zero-order valence-electron chi connectivity index (χ0n) is 11.3. The van der Waals surface area contributed by atoms with Crippen LogP contribution in [0.3, 0.4) is 0 Å². The van der Waals surface area contributed by atoms with E-state index >= 15 is 0 Å². The van der Waals surface area contributed by atoms with Crippen molar-refractivity contribution in [2.75, 3.05) is 11.4 Å². The van der Waals surface area contributed by atoms with Crippen LogP contribution >= 0.6 is 12.2 Å². The number of para-hydroxylation sites is 1. The Balaban J connectivity index is 1.90. The number of benzene rings is 1. The van der Waals surface area contributed by atoms with Crippen LogP contribution in [0, 0.1) is 5.92 Å². The van der Waals surface area contributed by atoms with Crippen molar-refractivity contribution in [3.8, 4) is 0 Å². The summed E-state index contributed by atoms with van der Waals surface area (Å²) < 4.78 is 0. The number of nitrogens with zero attached hydrogens (tertiary/aromatic N) is 1. The van der Waals surface area contributed by atoms with Gasteiger partial charge in [0.15, 0.2) is 0 Å². The highest BCUT2D eigenvalue weighted by molar-refractivity contribution is 7.80. The number of nitrogens with two attached hydrogens (primary N) is 1. The standard InChI is InChI=1S/C16H22N2S/c17-16(19)13-8-3-4-9-15(13)18-11-5-10-14(18)12-6-1-2-7-12/h3-4,8-9,12,14H,1-2,5-7,10-11H2,(H2,17,19). The zero-order valence-corrected chi connectivity index (χ0v) is 12.2. The Hall–Kier alpha value is -1.09. The van der Waals surface area contributed by atoms with Crippen molar-refractivity contribution in [2.24, 2.45) is 11.7 Å². The van der Waals surface area contributed by atoms with Crippen molar-refractivity contribution >= 4 is 22.9 Å². The first-order chi connectivity index (χ1) is 9.27. The first-order valence-electron chi connectivity index (χ1n) is 7.43. The lowest BCUT2D eigenvalue weighted by Crippen LogP contribution is -2.35. The molecule has 1 aliphatic carbocycles. The average Bonchev–Trinajstić information content (AvgIpc) is 3.09. The van der Waals surface area contributed by atoms with E-state index in [0.717, 1.165) is 18.0 Å². The second-order valence-electron chi connectivity index (χ2n) is 5.83. The summed E-state index contributed by atoms with van der Waals surface area (Å²) in [5.74, 6) is 0.877. The number of hydrogen-bond donors (Lipinski definition) is 1. The van der Waals surface area contributed by atoms with Crippen molar-refractivity contribution in [1.29, 1.82) is 0 Å². The lowest BCUT2D eigenvalue weighted by Gasteiger charge is -2.32. The lowest BCUT2D eigenvalue weighted by atomic mass is 9.95. The highest BCUT2D eigenvalue weighted by atomic mass is 32.1. The fourth-order valence-electron chi connectivity index (χ4n) is 3.86. The van der Waals surface area contributed by atoms with Crippen LogP contribution in [-0.2, 0) is 0 Å². The topological polar surface area (TPSA) is 29.3 Å². The molecule has 1 unspecified atom stereocenters. The van der Waals surface area contributed by atoms with Crippen molar-refractivity contribution < 1.29 is 0 Å². The monoisotopic (exact) mass is 274 g/mol. The van der Waals surface area contributed by atoms with Gasteiger partial charge in [-0.2, -0.15) is 0 Å². The molecular weight excluding hydrogens is 252 g/mol. The molecule has 1 heterocycles. The molecule has 3 heteroatoms. The van der Waals surface area contributed by atoms with Crippen molar-refractivity contribution in [2.45, 2.75) is 44.6 Å². The van der Waals surface area contributed by atoms with Gasteiger partial charge in [-0.1, -0.05) is 37.2 Å². The molecule has 0 spiro atoms. The van der Waals surface area contributed by atoms with Gasteiger partial charge in [-0.3, -0.25) is 0 Å². The van der Waals surface area contributed by atoms with Crippen LogP contribution in [0.15, 0.2) is 24.3 Å². The molecule has 3 rings (SSSR count). The van der Waals surface area contributed by atoms with Crippen LogP contribution in [0.25, 0.3) is 0 Å². The summed E-state index contributed by atoms with van der Waals surface area (Å²) in [5, 5.41) is 0. The van der Waals surface area contributed by atoms with Crippen molar-refractivity contribution in [1.82, 2.24) is 0 Å². The first-order valence-corrected chi connectivity index (χ1v) is 7.83. The number of thiocarbonyl (C=S) groups is 1. The predicted molar refractivity (Wildman–Crippen MR) is 84.7 cm³/mol. The molecule has 2 N–H and O–H groups in total. The van der Waals surface area contributed by atoms with E-state index in [1.54, 1.807) is 0 Å². The minimum absolute atomic E-state index is 0.521. The van der Waals surface area contributed by atoms with Gasteiger partial charge in [0.05, 0.1) is 0 Å². The molecular formula is C16H22N2S. The minimum atomic E-state index is 0.521. The van der Waals surface area contributed by atoms with Gasteiger partial charge in [0, 0.05) is 23.8 Å². The third kappa shape index (κ3) is 2.48. The predicted octanol–water partition coefficient (Wildman–Crippen LogP) is 3.48. The van der Waals surface area contributed by atoms with Gasteiger partial charge in [0.25, 0.3) is 0 Å². The second-order valence-corrected chi connectivity index (χ2v) is 6.27. The first kappa shape index (κ1) is 12.9. The molecule has 0 amide bonds. The quantitative estimate of drug-likeness (QED) is 0.856. The molecule has 19 heavy (non-hydrogen) atoms. The molecule has 1 aromatic rings. The Morgan fingerprint density at radius 2 is 1.84 bits per heavy atom. The third-order valence-electron chi connectivity index (χ3n) is 4.72. The van der Waals surface area contributed by atoms with E-state index in [1.807, 2.05) is 6.07 Å². The van der Waals surface area contributed by atoms with Gasteiger partial charge in [-0.05, 0) is 43.7 Å².